The third-order valence-corrected chi connectivity index (χ3v) is 2.03. The fraction of sp³-hybridized carbons (Fsp3) is 0.818. The summed E-state index contributed by atoms with van der Waals surface area (Å²) in [6, 6.07) is 0. The van der Waals surface area contributed by atoms with Gasteiger partial charge in [0.15, 0.2) is 0 Å². The predicted octanol–water partition coefficient (Wildman–Crippen LogP) is 2.93. The average molecular weight is 169 g/mol. The van der Waals surface area contributed by atoms with E-state index in [1.165, 1.54) is 32.2 Å². The van der Waals surface area contributed by atoms with E-state index < -0.39 is 0 Å². The molecule has 0 aliphatic carbocycles. The van der Waals surface area contributed by atoms with Crippen molar-refractivity contribution in [2.24, 2.45) is 5.92 Å². The van der Waals surface area contributed by atoms with Crippen LogP contribution in [0.4, 0.5) is 0 Å². The lowest BCUT2D eigenvalue weighted by Gasteiger charge is -2.16. The number of hydrogen-bond acceptors (Lipinski definition) is 1. The summed E-state index contributed by atoms with van der Waals surface area (Å²) >= 11 is 0. The minimum Gasteiger partial charge on any atom is -0.309 e. The standard InChI is InChI=1S/C11H23N/c1-5-6-7-8-9-11(2)10-12(3)4/h5,11H,1,6-10H2,2-4H3. The summed E-state index contributed by atoms with van der Waals surface area (Å²) in [6.45, 7) is 7.26. The van der Waals surface area contributed by atoms with Crippen molar-refractivity contribution in [3.8, 4) is 0 Å². The van der Waals surface area contributed by atoms with E-state index in [1.54, 1.807) is 0 Å². The maximum Gasteiger partial charge on any atom is 0.0000920 e. The number of nitrogens with zero attached hydrogens (tertiary/aromatic N) is 1. The van der Waals surface area contributed by atoms with Crippen LogP contribution in [0.3, 0.4) is 0 Å². The first kappa shape index (κ1) is 11.7. The van der Waals surface area contributed by atoms with Crippen molar-refractivity contribution in [1.29, 1.82) is 0 Å². The first-order chi connectivity index (χ1) is 5.66. The molecular formula is C11H23N. The van der Waals surface area contributed by atoms with E-state index in [4.69, 9.17) is 0 Å². The minimum absolute atomic E-state index is 0.838. The maximum absolute atomic E-state index is 3.72. The summed E-state index contributed by atoms with van der Waals surface area (Å²) in [4.78, 5) is 2.26. The highest BCUT2D eigenvalue weighted by molar-refractivity contribution is 4.66. The molecule has 12 heavy (non-hydrogen) atoms. The monoisotopic (exact) mass is 169 g/mol. The second-order valence-corrected chi connectivity index (χ2v) is 3.94. The van der Waals surface area contributed by atoms with Gasteiger partial charge in [-0.25, -0.2) is 0 Å². The Morgan fingerprint density at radius 1 is 1.33 bits per heavy atom. The third kappa shape index (κ3) is 7.80. The van der Waals surface area contributed by atoms with Crippen LogP contribution < -0.4 is 0 Å². The van der Waals surface area contributed by atoms with Gasteiger partial charge in [0.1, 0.15) is 0 Å². The molecular weight excluding hydrogens is 146 g/mol. The van der Waals surface area contributed by atoms with Crippen LogP contribution in [0.5, 0.6) is 0 Å². The van der Waals surface area contributed by atoms with E-state index >= 15 is 0 Å². The summed E-state index contributed by atoms with van der Waals surface area (Å²) in [5, 5.41) is 0. The van der Waals surface area contributed by atoms with E-state index in [9.17, 15) is 0 Å². The van der Waals surface area contributed by atoms with Crippen molar-refractivity contribution >= 4 is 0 Å². The minimum atomic E-state index is 0.838. The molecule has 1 unspecified atom stereocenters. The van der Waals surface area contributed by atoms with Crippen LogP contribution in [0.1, 0.15) is 32.6 Å². The fourth-order valence-electron chi connectivity index (χ4n) is 1.50. The Morgan fingerprint density at radius 2 is 2.00 bits per heavy atom. The van der Waals surface area contributed by atoms with Crippen molar-refractivity contribution in [2.75, 3.05) is 20.6 Å². The van der Waals surface area contributed by atoms with E-state index in [1.807, 2.05) is 6.08 Å². The molecule has 0 heterocycles. The van der Waals surface area contributed by atoms with Gasteiger partial charge in [0, 0.05) is 6.54 Å². The number of rotatable bonds is 7. The molecule has 0 spiro atoms. The summed E-state index contributed by atoms with van der Waals surface area (Å²) in [6.07, 6.45) is 7.19. The molecule has 1 atom stereocenters. The highest BCUT2D eigenvalue weighted by Crippen LogP contribution is 2.09. The molecule has 0 bridgehead atoms. The van der Waals surface area contributed by atoms with Gasteiger partial charge in [-0.05, 0) is 39.3 Å². The van der Waals surface area contributed by atoms with Crippen molar-refractivity contribution < 1.29 is 0 Å². The Bertz CT molecular complexity index is 108. The zero-order valence-electron chi connectivity index (χ0n) is 8.84. The highest BCUT2D eigenvalue weighted by atomic mass is 15.1. The Morgan fingerprint density at radius 3 is 2.50 bits per heavy atom. The average Bonchev–Trinajstić information content (AvgIpc) is 1.97. The van der Waals surface area contributed by atoms with Crippen LogP contribution >= 0.6 is 0 Å². The zero-order chi connectivity index (χ0) is 9.40. The van der Waals surface area contributed by atoms with E-state index in [-0.39, 0.29) is 0 Å². The molecule has 0 radical (unpaired) electrons. The lowest BCUT2D eigenvalue weighted by Crippen LogP contribution is -2.19. The van der Waals surface area contributed by atoms with Gasteiger partial charge in [-0.15, -0.1) is 6.58 Å². The predicted molar refractivity (Wildman–Crippen MR) is 56.4 cm³/mol. The number of hydrogen-bond donors (Lipinski definition) is 0. The van der Waals surface area contributed by atoms with Gasteiger partial charge in [0.25, 0.3) is 0 Å². The second-order valence-electron chi connectivity index (χ2n) is 3.94. The van der Waals surface area contributed by atoms with Crippen LogP contribution in [0.25, 0.3) is 0 Å². The van der Waals surface area contributed by atoms with Crippen LogP contribution in [0.15, 0.2) is 12.7 Å². The van der Waals surface area contributed by atoms with Crippen LogP contribution in [0.2, 0.25) is 0 Å². The SMILES string of the molecule is C=CCCCCC(C)CN(C)C. The quantitative estimate of drug-likeness (QED) is 0.418. The van der Waals surface area contributed by atoms with Gasteiger partial charge in [-0.2, -0.15) is 0 Å². The van der Waals surface area contributed by atoms with Crippen LogP contribution in [-0.4, -0.2) is 25.5 Å². The van der Waals surface area contributed by atoms with E-state index in [0.29, 0.717) is 0 Å². The third-order valence-electron chi connectivity index (χ3n) is 2.03. The van der Waals surface area contributed by atoms with Crippen molar-refractivity contribution in [1.82, 2.24) is 4.90 Å². The first-order valence-corrected chi connectivity index (χ1v) is 4.92. The molecule has 0 saturated carbocycles. The molecule has 0 N–H and O–H groups in total. The normalized spacial score (nSPS) is 13.3. The second kappa shape index (κ2) is 7.35. The van der Waals surface area contributed by atoms with Gasteiger partial charge in [-0.1, -0.05) is 19.4 Å². The Balaban J connectivity index is 3.19. The van der Waals surface area contributed by atoms with E-state index in [0.717, 1.165) is 5.92 Å². The fourth-order valence-corrected chi connectivity index (χ4v) is 1.50. The van der Waals surface area contributed by atoms with E-state index in [2.05, 4.69) is 32.5 Å². The Labute approximate surface area is 77.5 Å². The molecule has 1 nitrogen and oxygen atoms in total. The van der Waals surface area contributed by atoms with Gasteiger partial charge < -0.3 is 4.90 Å². The Hall–Kier alpha value is -0.300. The lowest BCUT2D eigenvalue weighted by atomic mass is 10.0. The molecule has 0 aliphatic rings. The molecule has 1 heteroatoms. The maximum atomic E-state index is 3.72. The molecule has 0 amide bonds. The molecule has 0 rings (SSSR count). The molecule has 0 aromatic carbocycles. The van der Waals surface area contributed by atoms with Gasteiger partial charge in [-0.3, -0.25) is 0 Å². The summed E-state index contributed by atoms with van der Waals surface area (Å²) in [7, 11) is 4.28. The zero-order valence-corrected chi connectivity index (χ0v) is 8.84. The molecule has 0 aliphatic heterocycles. The Kier molecular flexibility index (Phi) is 7.17. The molecule has 0 aromatic rings. The van der Waals surface area contributed by atoms with Crippen molar-refractivity contribution in [2.45, 2.75) is 32.6 Å². The van der Waals surface area contributed by atoms with Crippen molar-refractivity contribution in [3.63, 3.8) is 0 Å². The van der Waals surface area contributed by atoms with Gasteiger partial charge in [0.2, 0.25) is 0 Å². The van der Waals surface area contributed by atoms with Gasteiger partial charge >= 0.3 is 0 Å². The molecule has 72 valence electrons. The highest BCUT2D eigenvalue weighted by Gasteiger charge is 2.01. The molecule has 0 aromatic heterocycles. The van der Waals surface area contributed by atoms with Gasteiger partial charge in [0.05, 0.1) is 0 Å². The first-order valence-electron chi connectivity index (χ1n) is 4.92. The summed E-state index contributed by atoms with van der Waals surface area (Å²) in [5.41, 5.74) is 0. The lowest BCUT2D eigenvalue weighted by molar-refractivity contribution is 0.322. The summed E-state index contributed by atoms with van der Waals surface area (Å²) < 4.78 is 0. The summed E-state index contributed by atoms with van der Waals surface area (Å²) in [5.74, 6) is 0.838. The van der Waals surface area contributed by atoms with Crippen LogP contribution in [0, 0.1) is 5.92 Å². The number of unbranched alkanes of at least 4 members (excludes halogenated alkanes) is 2. The molecule has 0 fully saturated rings. The van der Waals surface area contributed by atoms with Crippen molar-refractivity contribution in [3.05, 3.63) is 12.7 Å². The smallest absolute Gasteiger partial charge is 0.0000920 e. The number of allylic oxidation sites excluding steroid dienone is 1. The van der Waals surface area contributed by atoms with Crippen LogP contribution in [-0.2, 0) is 0 Å². The largest absolute Gasteiger partial charge is 0.309 e. The molecule has 0 saturated heterocycles. The topological polar surface area (TPSA) is 3.24 Å².